The number of anilines is 1. The molecule has 1 heterocycles. The van der Waals surface area contributed by atoms with Crippen molar-refractivity contribution in [1.82, 2.24) is 9.78 Å². The third-order valence-corrected chi connectivity index (χ3v) is 2.64. The maximum absolute atomic E-state index is 6.10. The second kappa shape index (κ2) is 5.23. The average molecular weight is 258 g/mol. The minimum Gasteiger partial charge on any atom is -0.396 e. The molecule has 0 spiro atoms. The van der Waals surface area contributed by atoms with Gasteiger partial charge in [0.05, 0.1) is 28.3 Å². The molecule has 16 heavy (non-hydrogen) atoms. The predicted molar refractivity (Wildman–Crippen MR) is 69.6 cm³/mol. The first-order valence-corrected chi connectivity index (χ1v) is 5.19. The fourth-order valence-electron chi connectivity index (χ4n) is 1.57. The first-order chi connectivity index (χ1) is 7.24. The summed E-state index contributed by atoms with van der Waals surface area (Å²) in [5.74, 6) is 0. The normalized spacial score (nSPS) is 9.88. The van der Waals surface area contributed by atoms with Crippen molar-refractivity contribution in [2.45, 2.75) is 13.3 Å². The van der Waals surface area contributed by atoms with E-state index in [1.165, 1.54) is 0 Å². The van der Waals surface area contributed by atoms with E-state index in [4.69, 9.17) is 17.3 Å². The highest BCUT2D eigenvalue weighted by Crippen LogP contribution is 2.23. The average Bonchev–Trinajstić information content (AvgIpc) is 2.60. The first kappa shape index (κ1) is 12.9. The molecule has 2 aromatic rings. The molecule has 2 rings (SSSR count). The molecule has 5 heteroatoms. The highest BCUT2D eigenvalue weighted by molar-refractivity contribution is 6.32. The Balaban J connectivity index is 0.00000128. The molecule has 0 aliphatic carbocycles. The highest BCUT2D eigenvalue weighted by atomic mass is 35.5. The Morgan fingerprint density at radius 1 is 1.38 bits per heavy atom. The Labute approximate surface area is 106 Å². The van der Waals surface area contributed by atoms with Gasteiger partial charge >= 0.3 is 0 Å². The third kappa shape index (κ3) is 2.15. The third-order valence-electron chi connectivity index (χ3n) is 2.32. The van der Waals surface area contributed by atoms with Gasteiger partial charge in [0, 0.05) is 0 Å². The Bertz CT molecular complexity index is 480. The molecular weight excluding hydrogens is 245 g/mol. The number of nitrogen functional groups attached to an aromatic ring is 1. The number of rotatable bonds is 2. The summed E-state index contributed by atoms with van der Waals surface area (Å²) in [5.41, 5.74) is 8.38. The van der Waals surface area contributed by atoms with E-state index >= 15 is 0 Å². The van der Waals surface area contributed by atoms with Crippen LogP contribution in [0.1, 0.15) is 12.6 Å². The Hall–Kier alpha value is -1.19. The quantitative estimate of drug-likeness (QED) is 0.899. The van der Waals surface area contributed by atoms with Crippen LogP contribution in [0.2, 0.25) is 5.02 Å². The van der Waals surface area contributed by atoms with Crippen LogP contribution in [0.5, 0.6) is 0 Å². The summed E-state index contributed by atoms with van der Waals surface area (Å²) in [6.07, 6.45) is 2.49. The van der Waals surface area contributed by atoms with Gasteiger partial charge in [-0.15, -0.1) is 12.4 Å². The smallest absolute Gasteiger partial charge is 0.0835 e. The summed E-state index contributed by atoms with van der Waals surface area (Å²) in [6, 6.07) is 7.59. The van der Waals surface area contributed by atoms with Crippen LogP contribution in [0, 0.1) is 0 Å². The summed E-state index contributed by atoms with van der Waals surface area (Å²) in [6.45, 7) is 2.04. The molecule has 0 saturated carbocycles. The van der Waals surface area contributed by atoms with Crippen LogP contribution in [0.4, 0.5) is 5.69 Å². The summed E-state index contributed by atoms with van der Waals surface area (Å²) < 4.78 is 1.79. The molecule has 0 radical (unpaired) electrons. The van der Waals surface area contributed by atoms with E-state index in [0.717, 1.165) is 17.8 Å². The van der Waals surface area contributed by atoms with Gasteiger partial charge in [0.25, 0.3) is 0 Å². The van der Waals surface area contributed by atoms with Gasteiger partial charge in [-0.2, -0.15) is 5.10 Å². The van der Waals surface area contributed by atoms with Crippen LogP contribution < -0.4 is 5.73 Å². The highest BCUT2D eigenvalue weighted by Gasteiger charge is 2.09. The molecule has 2 N–H and O–H groups in total. The van der Waals surface area contributed by atoms with Gasteiger partial charge in [-0.25, -0.2) is 4.68 Å². The number of nitrogens with two attached hydrogens (primary N) is 1. The Kier molecular flexibility index (Phi) is 4.21. The zero-order valence-electron chi connectivity index (χ0n) is 8.85. The van der Waals surface area contributed by atoms with Crippen LogP contribution in [0.15, 0.2) is 30.5 Å². The number of aromatic nitrogens is 2. The second-order valence-electron chi connectivity index (χ2n) is 3.26. The monoisotopic (exact) mass is 257 g/mol. The van der Waals surface area contributed by atoms with Crippen LogP contribution in [-0.2, 0) is 6.42 Å². The van der Waals surface area contributed by atoms with Crippen LogP contribution in [-0.4, -0.2) is 9.78 Å². The zero-order valence-corrected chi connectivity index (χ0v) is 10.4. The van der Waals surface area contributed by atoms with Crippen molar-refractivity contribution in [3.8, 4) is 5.69 Å². The maximum Gasteiger partial charge on any atom is 0.0835 e. The van der Waals surface area contributed by atoms with Crippen LogP contribution in [0.3, 0.4) is 0 Å². The van der Waals surface area contributed by atoms with E-state index < -0.39 is 0 Å². The molecule has 0 amide bonds. The summed E-state index contributed by atoms with van der Waals surface area (Å²) in [4.78, 5) is 0. The van der Waals surface area contributed by atoms with Gasteiger partial charge in [-0.1, -0.05) is 30.7 Å². The summed E-state index contributed by atoms with van der Waals surface area (Å²) >= 11 is 6.10. The van der Waals surface area contributed by atoms with Gasteiger partial charge in [-0.3, -0.25) is 0 Å². The number of hydrogen-bond acceptors (Lipinski definition) is 2. The predicted octanol–water partition coefficient (Wildman–Crippen LogP) is 3.09. The number of benzene rings is 1. The SMILES string of the molecule is CCc1c(N)cnn1-c1ccccc1Cl.Cl. The molecule has 1 aromatic heterocycles. The molecule has 0 aliphatic rings. The standard InChI is InChI=1S/C11H12ClN3.ClH/c1-2-10-9(13)7-14-15(10)11-6-4-3-5-8(11)12;/h3-7H,2,13H2,1H3;1H. The van der Waals surface area contributed by atoms with Gasteiger partial charge in [0.15, 0.2) is 0 Å². The topological polar surface area (TPSA) is 43.8 Å². The lowest BCUT2D eigenvalue weighted by Crippen LogP contribution is -2.03. The van der Waals surface area contributed by atoms with Crippen molar-refractivity contribution in [3.05, 3.63) is 41.2 Å². The van der Waals surface area contributed by atoms with E-state index in [1.807, 2.05) is 31.2 Å². The molecule has 3 nitrogen and oxygen atoms in total. The molecule has 0 fully saturated rings. The largest absolute Gasteiger partial charge is 0.396 e. The van der Waals surface area contributed by atoms with Gasteiger partial charge in [0.2, 0.25) is 0 Å². The lowest BCUT2D eigenvalue weighted by molar-refractivity contribution is 0.815. The van der Waals surface area contributed by atoms with Crippen molar-refractivity contribution in [2.75, 3.05) is 5.73 Å². The molecular formula is C11H13Cl2N3. The minimum atomic E-state index is 0. The number of halogens is 2. The van der Waals surface area contributed by atoms with Gasteiger partial charge in [0.1, 0.15) is 0 Å². The number of nitrogens with zero attached hydrogens (tertiary/aromatic N) is 2. The van der Waals surface area contributed by atoms with E-state index in [0.29, 0.717) is 10.7 Å². The van der Waals surface area contributed by atoms with Crippen LogP contribution >= 0.6 is 24.0 Å². The van der Waals surface area contributed by atoms with Crippen molar-refractivity contribution in [3.63, 3.8) is 0 Å². The Morgan fingerprint density at radius 2 is 2.06 bits per heavy atom. The first-order valence-electron chi connectivity index (χ1n) is 4.81. The number of hydrogen-bond donors (Lipinski definition) is 1. The van der Waals surface area contributed by atoms with Gasteiger partial charge < -0.3 is 5.73 Å². The zero-order chi connectivity index (χ0) is 10.8. The minimum absolute atomic E-state index is 0. The van der Waals surface area contributed by atoms with Crippen molar-refractivity contribution >= 4 is 29.7 Å². The molecule has 0 atom stereocenters. The lowest BCUT2D eigenvalue weighted by Gasteiger charge is -2.07. The second-order valence-corrected chi connectivity index (χ2v) is 3.67. The molecule has 0 aliphatic heterocycles. The van der Waals surface area contributed by atoms with Crippen molar-refractivity contribution in [2.24, 2.45) is 0 Å². The van der Waals surface area contributed by atoms with Crippen molar-refractivity contribution in [1.29, 1.82) is 0 Å². The van der Waals surface area contributed by atoms with E-state index in [2.05, 4.69) is 5.10 Å². The molecule has 0 unspecified atom stereocenters. The van der Waals surface area contributed by atoms with Gasteiger partial charge in [-0.05, 0) is 18.6 Å². The molecule has 1 aromatic carbocycles. The van der Waals surface area contributed by atoms with Crippen molar-refractivity contribution < 1.29 is 0 Å². The molecule has 86 valence electrons. The molecule has 0 saturated heterocycles. The van der Waals surface area contributed by atoms with E-state index in [9.17, 15) is 0 Å². The van der Waals surface area contributed by atoms with E-state index in [-0.39, 0.29) is 12.4 Å². The summed E-state index contributed by atoms with van der Waals surface area (Å²) in [7, 11) is 0. The molecule has 0 bridgehead atoms. The summed E-state index contributed by atoms with van der Waals surface area (Å²) in [5, 5.41) is 4.90. The fraction of sp³-hybridized carbons (Fsp3) is 0.182. The van der Waals surface area contributed by atoms with E-state index in [1.54, 1.807) is 10.9 Å². The fourth-order valence-corrected chi connectivity index (χ4v) is 1.79. The Morgan fingerprint density at radius 3 is 2.69 bits per heavy atom. The van der Waals surface area contributed by atoms with Crippen LogP contribution in [0.25, 0.3) is 5.69 Å². The lowest BCUT2D eigenvalue weighted by atomic mass is 10.2. The maximum atomic E-state index is 6.10. The number of para-hydroxylation sites is 1.